The van der Waals surface area contributed by atoms with Gasteiger partial charge in [0.25, 0.3) is 0 Å². The molecular formula is C26H25N3O6. The quantitative estimate of drug-likeness (QED) is 0.381. The van der Waals surface area contributed by atoms with Gasteiger partial charge in [0.05, 0.1) is 43.6 Å². The Kier molecular flexibility index (Phi) is 5.56. The van der Waals surface area contributed by atoms with Crippen molar-refractivity contribution in [3.63, 3.8) is 0 Å². The number of aromatic nitrogens is 3. The van der Waals surface area contributed by atoms with Crippen LogP contribution < -0.4 is 15.2 Å². The van der Waals surface area contributed by atoms with Gasteiger partial charge in [-0.25, -0.2) is 9.78 Å². The molecule has 3 aromatic heterocycles. The fourth-order valence-corrected chi connectivity index (χ4v) is 4.72. The molecule has 9 heteroatoms. The SMILES string of the molecule is COc1cc2c(cc1-c1c(C)noc1C)nc(CO)c1oc(=O)n(C(C)c3ccccc3OC)c12. The number of rotatable bonds is 6. The standard InChI is InChI=1S/C26H25N3O6/c1-13-23(15(3)35-28-13)18-10-19-17(11-22(18)33-5)24-25(20(12-30)27-19)34-26(31)29(24)14(2)16-8-6-7-9-21(16)32-4/h6-11,14,30H,12H2,1-5H3. The second-order valence-corrected chi connectivity index (χ2v) is 8.32. The first-order valence-corrected chi connectivity index (χ1v) is 11.1. The Labute approximate surface area is 200 Å². The maximum atomic E-state index is 13.2. The van der Waals surface area contributed by atoms with Gasteiger partial charge in [-0.1, -0.05) is 23.4 Å². The smallest absolute Gasteiger partial charge is 0.420 e. The van der Waals surface area contributed by atoms with Crippen molar-refractivity contribution in [2.45, 2.75) is 33.4 Å². The Bertz CT molecular complexity index is 1610. The highest BCUT2D eigenvalue weighted by atomic mass is 16.5. The second kappa shape index (κ2) is 8.59. The summed E-state index contributed by atoms with van der Waals surface area (Å²) < 4.78 is 23.8. The minimum absolute atomic E-state index is 0.235. The molecule has 1 atom stereocenters. The third-order valence-electron chi connectivity index (χ3n) is 6.36. The summed E-state index contributed by atoms with van der Waals surface area (Å²) in [5.41, 5.74) is 4.68. The number of hydrogen-bond donors (Lipinski definition) is 1. The maximum Gasteiger partial charge on any atom is 0.420 e. The summed E-state index contributed by atoms with van der Waals surface area (Å²) in [6, 6.07) is 10.8. The van der Waals surface area contributed by atoms with Gasteiger partial charge in [0.2, 0.25) is 0 Å². The van der Waals surface area contributed by atoms with Crippen molar-refractivity contribution >= 4 is 22.0 Å². The molecule has 0 spiro atoms. The van der Waals surface area contributed by atoms with Crippen LogP contribution in [0.3, 0.4) is 0 Å². The summed E-state index contributed by atoms with van der Waals surface area (Å²) >= 11 is 0. The maximum absolute atomic E-state index is 13.2. The molecule has 0 fully saturated rings. The molecule has 2 aromatic carbocycles. The predicted molar refractivity (Wildman–Crippen MR) is 130 cm³/mol. The van der Waals surface area contributed by atoms with E-state index in [1.807, 2.05) is 57.2 Å². The molecule has 0 aliphatic heterocycles. The number of aryl methyl sites for hydroxylation is 2. The lowest BCUT2D eigenvalue weighted by atomic mass is 9.99. The summed E-state index contributed by atoms with van der Waals surface area (Å²) in [5.74, 6) is 1.31. The minimum Gasteiger partial charge on any atom is -0.496 e. The molecule has 3 heterocycles. The lowest BCUT2D eigenvalue weighted by Crippen LogP contribution is -2.20. The number of oxazole rings is 1. The van der Waals surface area contributed by atoms with Crippen LogP contribution in [0.25, 0.3) is 33.1 Å². The van der Waals surface area contributed by atoms with Crippen LogP contribution in [0.4, 0.5) is 0 Å². The van der Waals surface area contributed by atoms with Crippen LogP contribution in [0.5, 0.6) is 11.5 Å². The lowest BCUT2D eigenvalue weighted by molar-refractivity contribution is 0.277. The fraction of sp³-hybridized carbons (Fsp3) is 0.269. The highest BCUT2D eigenvalue weighted by molar-refractivity contribution is 6.05. The number of aliphatic hydroxyl groups excluding tert-OH is 1. The Morgan fingerprint density at radius 2 is 1.86 bits per heavy atom. The molecular weight excluding hydrogens is 450 g/mol. The van der Waals surface area contributed by atoms with Gasteiger partial charge >= 0.3 is 5.76 Å². The van der Waals surface area contributed by atoms with Crippen molar-refractivity contribution in [3.05, 3.63) is 69.7 Å². The van der Waals surface area contributed by atoms with Gasteiger partial charge < -0.3 is 23.5 Å². The van der Waals surface area contributed by atoms with Gasteiger partial charge in [-0.15, -0.1) is 0 Å². The van der Waals surface area contributed by atoms with Gasteiger partial charge in [-0.05, 0) is 39.0 Å². The van der Waals surface area contributed by atoms with Crippen molar-refractivity contribution in [1.29, 1.82) is 0 Å². The van der Waals surface area contributed by atoms with Crippen LogP contribution in [-0.4, -0.2) is 34.0 Å². The van der Waals surface area contributed by atoms with Crippen LogP contribution in [0, 0.1) is 13.8 Å². The van der Waals surface area contributed by atoms with Crippen molar-refractivity contribution in [2.75, 3.05) is 14.2 Å². The highest BCUT2D eigenvalue weighted by Gasteiger charge is 2.26. The zero-order valence-corrected chi connectivity index (χ0v) is 20.1. The Hall–Kier alpha value is -4.11. The number of pyridine rings is 1. The van der Waals surface area contributed by atoms with Crippen LogP contribution in [0.15, 0.2) is 50.1 Å². The third kappa shape index (κ3) is 3.47. The van der Waals surface area contributed by atoms with Crippen molar-refractivity contribution in [2.24, 2.45) is 0 Å². The number of ether oxygens (including phenoxy) is 2. The molecule has 0 saturated carbocycles. The van der Waals surface area contributed by atoms with Gasteiger partial charge in [0.1, 0.15) is 28.5 Å². The summed E-state index contributed by atoms with van der Waals surface area (Å²) in [5, 5.41) is 14.8. The first kappa shape index (κ1) is 22.7. The van der Waals surface area contributed by atoms with E-state index in [-0.39, 0.29) is 11.3 Å². The summed E-state index contributed by atoms with van der Waals surface area (Å²) in [6.07, 6.45) is 0. The van der Waals surface area contributed by atoms with Gasteiger partial charge in [-0.3, -0.25) is 4.57 Å². The number of fused-ring (bicyclic) bond motifs is 3. The molecule has 0 radical (unpaired) electrons. The minimum atomic E-state index is -0.559. The molecule has 1 unspecified atom stereocenters. The van der Waals surface area contributed by atoms with Crippen molar-refractivity contribution in [3.8, 4) is 22.6 Å². The molecule has 5 aromatic rings. The van der Waals surface area contributed by atoms with Crippen LogP contribution in [0.2, 0.25) is 0 Å². The Morgan fingerprint density at radius 3 is 2.51 bits per heavy atom. The molecule has 9 nitrogen and oxygen atoms in total. The second-order valence-electron chi connectivity index (χ2n) is 8.32. The first-order chi connectivity index (χ1) is 16.9. The lowest BCUT2D eigenvalue weighted by Gasteiger charge is -2.18. The molecule has 5 rings (SSSR count). The third-order valence-corrected chi connectivity index (χ3v) is 6.36. The average Bonchev–Trinajstić information content (AvgIpc) is 3.40. The van der Waals surface area contributed by atoms with E-state index >= 15 is 0 Å². The van der Waals surface area contributed by atoms with E-state index in [1.165, 1.54) is 0 Å². The summed E-state index contributed by atoms with van der Waals surface area (Å²) in [4.78, 5) is 17.8. The van der Waals surface area contributed by atoms with Gasteiger partial charge in [-0.2, -0.15) is 0 Å². The molecule has 0 amide bonds. The number of methoxy groups -OCH3 is 2. The average molecular weight is 476 g/mol. The zero-order valence-electron chi connectivity index (χ0n) is 20.1. The topological polar surface area (TPSA) is 113 Å². The van der Waals surface area contributed by atoms with E-state index in [2.05, 4.69) is 10.1 Å². The summed E-state index contributed by atoms with van der Waals surface area (Å²) in [6.45, 7) is 5.19. The number of benzene rings is 2. The largest absolute Gasteiger partial charge is 0.496 e. The monoisotopic (exact) mass is 475 g/mol. The van der Waals surface area contributed by atoms with Crippen LogP contribution in [-0.2, 0) is 6.61 Å². The van der Waals surface area contributed by atoms with Crippen molar-refractivity contribution in [1.82, 2.24) is 14.7 Å². The zero-order chi connectivity index (χ0) is 24.9. The molecule has 0 aliphatic rings. The van der Waals surface area contributed by atoms with Crippen molar-refractivity contribution < 1.29 is 23.5 Å². The van der Waals surface area contributed by atoms with Crippen LogP contribution >= 0.6 is 0 Å². The molecule has 0 saturated heterocycles. The Morgan fingerprint density at radius 1 is 1.11 bits per heavy atom. The van der Waals surface area contributed by atoms with E-state index in [4.69, 9.17) is 18.4 Å². The normalized spacial score (nSPS) is 12.4. The summed E-state index contributed by atoms with van der Waals surface area (Å²) in [7, 11) is 3.17. The molecule has 0 bridgehead atoms. The predicted octanol–water partition coefficient (Wildman–Crippen LogP) is 4.53. The number of hydrogen-bond acceptors (Lipinski definition) is 8. The fourth-order valence-electron chi connectivity index (χ4n) is 4.72. The van der Waals surface area contributed by atoms with E-state index < -0.39 is 18.4 Å². The molecule has 180 valence electrons. The first-order valence-electron chi connectivity index (χ1n) is 11.1. The number of nitrogens with zero attached hydrogens (tertiary/aromatic N) is 3. The molecule has 1 N–H and O–H groups in total. The Balaban J connectivity index is 1.87. The van der Waals surface area contributed by atoms with E-state index in [1.54, 1.807) is 18.8 Å². The van der Waals surface area contributed by atoms with Crippen LogP contribution in [0.1, 0.15) is 35.7 Å². The number of aliphatic hydroxyl groups is 1. The highest BCUT2D eigenvalue weighted by Crippen LogP contribution is 2.40. The molecule has 0 aliphatic carbocycles. The number of para-hydroxylation sites is 1. The molecule has 35 heavy (non-hydrogen) atoms. The van der Waals surface area contributed by atoms with E-state index in [0.29, 0.717) is 39.4 Å². The van der Waals surface area contributed by atoms with E-state index in [9.17, 15) is 9.90 Å². The van der Waals surface area contributed by atoms with Gasteiger partial charge in [0, 0.05) is 16.5 Å². The van der Waals surface area contributed by atoms with Gasteiger partial charge in [0.15, 0.2) is 5.58 Å². The van der Waals surface area contributed by atoms with E-state index in [0.717, 1.165) is 16.7 Å².